The van der Waals surface area contributed by atoms with E-state index in [4.69, 9.17) is 15.6 Å². The standard InChI is InChI=1S/C13H23N3O5/c1-9(2)6-16(8-11(14)17)13(20)15-3-4-21-10(7-15)5-12(18)19/h9-10H,3-8H2,1-2H3,(H2,14,17)(H,18,19). The number of aliphatic carboxylic acids is 1. The Bertz CT molecular complexity index is 399. The van der Waals surface area contributed by atoms with Crippen LogP contribution in [0.1, 0.15) is 20.3 Å². The smallest absolute Gasteiger partial charge is 0.320 e. The molecule has 0 radical (unpaired) electrons. The lowest BCUT2D eigenvalue weighted by molar-refractivity contribution is -0.141. The maximum atomic E-state index is 12.4. The van der Waals surface area contributed by atoms with Gasteiger partial charge in [-0.05, 0) is 5.92 Å². The Morgan fingerprint density at radius 2 is 2.10 bits per heavy atom. The summed E-state index contributed by atoms with van der Waals surface area (Å²) in [6.45, 7) is 5.03. The first kappa shape index (κ1) is 17.2. The molecule has 1 rings (SSSR count). The molecule has 0 aromatic carbocycles. The van der Waals surface area contributed by atoms with E-state index < -0.39 is 18.0 Å². The third kappa shape index (κ3) is 5.99. The summed E-state index contributed by atoms with van der Waals surface area (Å²) in [6, 6.07) is -0.304. The molecule has 0 aliphatic carbocycles. The molecule has 1 heterocycles. The number of ether oxygens (including phenoxy) is 1. The van der Waals surface area contributed by atoms with E-state index in [1.54, 1.807) is 0 Å². The van der Waals surface area contributed by atoms with Gasteiger partial charge in [0.25, 0.3) is 0 Å². The number of amides is 3. The molecule has 1 atom stereocenters. The zero-order valence-electron chi connectivity index (χ0n) is 12.4. The summed E-state index contributed by atoms with van der Waals surface area (Å²) in [5.74, 6) is -1.34. The van der Waals surface area contributed by atoms with Crippen molar-refractivity contribution in [1.29, 1.82) is 0 Å². The molecule has 1 unspecified atom stereocenters. The molecule has 21 heavy (non-hydrogen) atoms. The Labute approximate surface area is 123 Å². The van der Waals surface area contributed by atoms with Crippen LogP contribution in [0.4, 0.5) is 4.79 Å². The Hall–Kier alpha value is -1.83. The van der Waals surface area contributed by atoms with Crippen molar-refractivity contribution in [2.45, 2.75) is 26.4 Å². The number of hydrogen-bond acceptors (Lipinski definition) is 4. The van der Waals surface area contributed by atoms with Gasteiger partial charge in [-0.15, -0.1) is 0 Å². The third-order valence-corrected chi connectivity index (χ3v) is 3.01. The summed E-state index contributed by atoms with van der Waals surface area (Å²) < 4.78 is 5.33. The SMILES string of the molecule is CC(C)CN(CC(N)=O)C(=O)N1CCOC(CC(=O)O)C1. The molecule has 1 aliphatic rings. The van der Waals surface area contributed by atoms with Gasteiger partial charge in [0.1, 0.15) is 6.54 Å². The van der Waals surface area contributed by atoms with Crippen LogP contribution in [0.3, 0.4) is 0 Å². The van der Waals surface area contributed by atoms with Gasteiger partial charge in [0, 0.05) is 19.6 Å². The predicted octanol–water partition coefficient (Wildman–Crippen LogP) is -0.275. The first-order chi connectivity index (χ1) is 9.79. The highest BCUT2D eigenvalue weighted by Gasteiger charge is 2.29. The van der Waals surface area contributed by atoms with Crippen molar-refractivity contribution in [2.24, 2.45) is 11.7 Å². The van der Waals surface area contributed by atoms with E-state index in [-0.39, 0.29) is 38.1 Å². The van der Waals surface area contributed by atoms with Crippen molar-refractivity contribution in [2.75, 3.05) is 32.8 Å². The highest BCUT2D eigenvalue weighted by molar-refractivity contribution is 5.83. The average Bonchev–Trinajstić information content (AvgIpc) is 2.35. The number of rotatable bonds is 6. The fourth-order valence-electron chi connectivity index (χ4n) is 2.25. The number of carbonyl (C=O) groups excluding carboxylic acids is 2. The topological polar surface area (TPSA) is 113 Å². The molecule has 0 aromatic heterocycles. The number of carboxylic acid groups (broad SMARTS) is 1. The van der Waals surface area contributed by atoms with Crippen LogP contribution in [-0.2, 0) is 14.3 Å². The van der Waals surface area contributed by atoms with Crippen LogP contribution in [0.2, 0.25) is 0 Å². The summed E-state index contributed by atoms with van der Waals surface area (Å²) in [5.41, 5.74) is 5.18. The Kier molecular flexibility index (Phi) is 6.41. The van der Waals surface area contributed by atoms with Crippen LogP contribution in [0.25, 0.3) is 0 Å². The van der Waals surface area contributed by atoms with Crippen LogP contribution in [0.15, 0.2) is 0 Å². The van der Waals surface area contributed by atoms with Crippen molar-refractivity contribution < 1.29 is 24.2 Å². The first-order valence-electron chi connectivity index (χ1n) is 6.95. The van der Waals surface area contributed by atoms with Gasteiger partial charge in [-0.25, -0.2) is 4.79 Å². The maximum Gasteiger partial charge on any atom is 0.320 e. The summed E-state index contributed by atoms with van der Waals surface area (Å²) >= 11 is 0. The first-order valence-corrected chi connectivity index (χ1v) is 6.95. The lowest BCUT2D eigenvalue weighted by atomic mass is 10.2. The van der Waals surface area contributed by atoms with E-state index in [9.17, 15) is 14.4 Å². The van der Waals surface area contributed by atoms with E-state index in [2.05, 4.69) is 0 Å². The van der Waals surface area contributed by atoms with Crippen LogP contribution in [0.5, 0.6) is 0 Å². The van der Waals surface area contributed by atoms with Gasteiger partial charge in [-0.1, -0.05) is 13.8 Å². The summed E-state index contributed by atoms with van der Waals surface area (Å²) in [4.78, 5) is 37.2. The Balaban J connectivity index is 2.68. The van der Waals surface area contributed by atoms with E-state index in [0.29, 0.717) is 13.1 Å². The molecule has 3 N–H and O–H groups in total. The number of urea groups is 1. The molecule has 1 aliphatic heterocycles. The van der Waals surface area contributed by atoms with Gasteiger partial charge in [0.05, 0.1) is 19.1 Å². The number of carboxylic acids is 1. The minimum absolute atomic E-state index is 0.141. The van der Waals surface area contributed by atoms with Gasteiger partial charge in [-0.3, -0.25) is 9.59 Å². The maximum absolute atomic E-state index is 12.4. The lowest BCUT2D eigenvalue weighted by Gasteiger charge is -2.36. The van der Waals surface area contributed by atoms with Crippen LogP contribution in [-0.4, -0.2) is 71.7 Å². The van der Waals surface area contributed by atoms with Gasteiger partial charge in [0.15, 0.2) is 0 Å². The number of morpholine rings is 1. The second kappa shape index (κ2) is 7.82. The van der Waals surface area contributed by atoms with Gasteiger partial charge in [-0.2, -0.15) is 0 Å². The van der Waals surface area contributed by atoms with Crippen LogP contribution < -0.4 is 5.73 Å². The van der Waals surface area contributed by atoms with Crippen LogP contribution >= 0.6 is 0 Å². The largest absolute Gasteiger partial charge is 0.481 e. The lowest BCUT2D eigenvalue weighted by Crippen LogP contribution is -2.53. The second-order valence-electron chi connectivity index (χ2n) is 5.56. The molecule has 8 nitrogen and oxygen atoms in total. The van der Waals surface area contributed by atoms with E-state index in [1.807, 2.05) is 13.8 Å². The van der Waals surface area contributed by atoms with E-state index in [0.717, 1.165) is 0 Å². The number of hydrogen-bond donors (Lipinski definition) is 2. The minimum atomic E-state index is -0.967. The fourth-order valence-corrected chi connectivity index (χ4v) is 2.25. The van der Waals surface area contributed by atoms with Gasteiger partial charge < -0.3 is 25.4 Å². The second-order valence-corrected chi connectivity index (χ2v) is 5.56. The predicted molar refractivity (Wildman–Crippen MR) is 74.6 cm³/mol. The van der Waals surface area contributed by atoms with Gasteiger partial charge >= 0.3 is 12.0 Å². The zero-order valence-corrected chi connectivity index (χ0v) is 12.4. The molecule has 0 aromatic rings. The molecule has 1 saturated heterocycles. The van der Waals surface area contributed by atoms with Crippen molar-refractivity contribution in [3.63, 3.8) is 0 Å². The molecule has 120 valence electrons. The third-order valence-electron chi connectivity index (χ3n) is 3.01. The Morgan fingerprint density at radius 3 is 2.62 bits per heavy atom. The molecular weight excluding hydrogens is 278 g/mol. The average molecular weight is 301 g/mol. The fraction of sp³-hybridized carbons (Fsp3) is 0.769. The highest BCUT2D eigenvalue weighted by Crippen LogP contribution is 2.12. The molecule has 0 spiro atoms. The summed E-state index contributed by atoms with van der Waals surface area (Å²) in [7, 11) is 0. The number of carbonyl (C=O) groups is 3. The molecular formula is C13H23N3O5. The molecule has 3 amide bonds. The minimum Gasteiger partial charge on any atom is -0.481 e. The van der Waals surface area contributed by atoms with Crippen LogP contribution in [0, 0.1) is 5.92 Å². The zero-order chi connectivity index (χ0) is 16.0. The van der Waals surface area contributed by atoms with E-state index >= 15 is 0 Å². The van der Waals surface area contributed by atoms with Gasteiger partial charge in [0.2, 0.25) is 5.91 Å². The summed E-state index contributed by atoms with van der Waals surface area (Å²) in [6.07, 6.45) is -0.668. The van der Waals surface area contributed by atoms with Crippen molar-refractivity contribution in [3.8, 4) is 0 Å². The number of nitrogens with zero attached hydrogens (tertiary/aromatic N) is 2. The molecule has 0 bridgehead atoms. The van der Waals surface area contributed by atoms with Crippen molar-refractivity contribution in [1.82, 2.24) is 9.80 Å². The van der Waals surface area contributed by atoms with Crippen molar-refractivity contribution >= 4 is 17.9 Å². The van der Waals surface area contributed by atoms with E-state index in [1.165, 1.54) is 9.80 Å². The quantitative estimate of drug-likeness (QED) is 0.701. The summed E-state index contributed by atoms with van der Waals surface area (Å²) in [5, 5.41) is 8.78. The molecule has 8 heteroatoms. The highest BCUT2D eigenvalue weighted by atomic mass is 16.5. The van der Waals surface area contributed by atoms with Crippen molar-refractivity contribution in [3.05, 3.63) is 0 Å². The normalized spacial score (nSPS) is 18.6. The number of primary amides is 1. The Morgan fingerprint density at radius 1 is 1.43 bits per heavy atom. The monoisotopic (exact) mass is 301 g/mol. The number of nitrogens with two attached hydrogens (primary N) is 1. The molecule has 1 fully saturated rings. The molecule has 0 saturated carbocycles.